The van der Waals surface area contributed by atoms with E-state index < -0.39 is 0 Å². The molecule has 0 unspecified atom stereocenters. The highest BCUT2D eigenvalue weighted by molar-refractivity contribution is 5.97. The van der Waals surface area contributed by atoms with Gasteiger partial charge in [0.15, 0.2) is 0 Å². The normalized spacial score (nSPS) is 14.8. The fraction of sp³-hybridized carbons (Fsp3) is 0.154. The van der Waals surface area contributed by atoms with Crippen molar-refractivity contribution < 1.29 is 4.74 Å². The summed E-state index contributed by atoms with van der Waals surface area (Å²) in [6.07, 6.45) is 2.08. The lowest BCUT2D eigenvalue weighted by Gasteiger charge is -2.05. The number of para-hydroxylation sites is 1. The van der Waals surface area contributed by atoms with Gasteiger partial charge in [-0.25, -0.2) is 4.98 Å². The third kappa shape index (κ3) is 0.933. The van der Waals surface area contributed by atoms with Crippen molar-refractivity contribution in [3.05, 3.63) is 42.2 Å². The Morgan fingerprint density at radius 2 is 2.12 bits per heavy atom. The fourth-order valence-electron chi connectivity index (χ4n) is 2.40. The topological polar surface area (TPSA) is 27.1 Å². The van der Waals surface area contributed by atoms with Crippen LogP contribution in [-0.2, 0) is 18.1 Å². The maximum atomic E-state index is 5.44. The zero-order valence-electron chi connectivity index (χ0n) is 8.68. The molecule has 0 aromatic heterocycles. The van der Waals surface area contributed by atoms with Crippen molar-refractivity contribution in [2.75, 3.05) is 0 Å². The minimum atomic E-state index is 0.647. The van der Waals surface area contributed by atoms with Crippen LogP contribution in [0.25, 0.3) is 22.2 Å². The summed E-state index contributed by atoms with van der Waals surface area (Å²) in [6, 6.07) is 10.4. The fourth-order valence-corrected chi connectivity index (χ4v) is 2.40. The number of rotatable bonds is 0. The molecule has 0 N–H and O–H groups in total. The van der Waals surface area contributed by atoms with Crippen molar-refractivity contribution in [3.8, 4) is 11.3 Å². The molecule has 0 spiro atoms. The second-order valence-electron chi connectivity index (χ2n) is 4.10. The lowest BCUT2D eigenvalue weighted by Crippen LogP contribution is -1.98. The Hall–Kier alpha value is -1.87. The number of pyridine rings is 1. The maximum absolute atomic E-state index is 5.44. The molecule has 3 heterocycles. The van der Waals surface area contributed by atoms with Gasteiger partial charge in [-0.2, -0.15) is 0 Å². The Balaban J connectivity index is 2.18. The number of benzene rings is 1. The van der Waals surface area contributed by atoms with E-state index in [9.17, 15) is 0 Å². The molecule has 0 fully saturated rings. The molecule has 1 aromatic carbocycles. The molecule has 3 aliphatic rings. The third-order valence-corrected chi connectivity index (χ3v) is 3.19. The van der Waals surface area contributed by atoms with Crippen LogP contribution < -0.4 is 0 Å². The van der Waals surface area contributed by atoms with E-state index in [1.807, 2.05) is 6.07 Å². The second-order valence-corrected chi connectivity index (χ2v) is 4.10. The number of hydrogen-bond donors (Lipinski definition) is 0. The average molecular weight is 210 g/mol. The molecule has 0 aliphatic carbocycles. The highest BCUT2D eigenvalue weighted by Crippen LogP contribution is 2.34. The molecule has 0 atom stereocenters. The first-order valence-corrected chi connectivity index (χ1v) is 5.38. The molecule has 1 aromatic rings. The van der Waals surface area contributed by atoms with Gasteiger partial charge in [0.25, 0.3) is 0 Å². The van der Waals surface area contributed by atoms with Gasteiger partial charge in [0.1, 0.15) is 6.73 Å². The predicted molar refractivity (Wildman–Crippen MR) is 61.1 cm³/mol. The van der Waals surface area contributed by atoms with Gasteiger partial charge in [-0.15, -0.1) is 0 Å². The summed E-state index contributed by atoms with van der Waals surface area (Å²) in [5.41, 5.74) is 4.57. The van der Waals surface area contributed by atoms with Crippen molar-refractivity contribution in [1.82, 2.24) is 9.55 Å². The molecule has 4 rings (SSSR count). The SMILES string of the molecule is c1ccc2c3ccn4c(c-3nc2c1)COC4. The van der Waals surface area contributed by atoms with Crippen LogP contribution in [0, 0.1) is 0 Å². The first kappa shape index (κ1) is 8.30. The molecule has 3 nitrogen and oxygen atoms in total. The van der Waals surface area contributed by atoms with Crippen LogP contribution in [0.3, 0.4) is 0 Å². The zero-order valence-corrected chi connectivity index (χ0v) is 8.68. The smallest absolute Gasteiger partial charge is 0.123 e. The average Bonchev–Trinajstić information content (AvgIpc) is 2.92. The van der Waals surface area contributed by atoms with Crippen molar-refractivity contribution in [2.24, 2.45) is 0 Å². The van der Waals surface area contributed by atoms with Crippen LogP contribution in [-0.4, -0.2) is 9.55 Å². The highest BCUT2D eigenvalue weighted by Gasteiger charge is 2.20. The monoisotopic (exact) mass is 210 g/mol. The lowest BCUT2D eigenvalue weighted by molar-refractivity contribution is 0.109. The van der Waals surface area contributed by atoms with E-state index in [0.717, 1.165) is 11.2 Å². The molecular weight excluding hydrogens is 200 g/mol. The van der Waals surface area contributed by atoms with Gasteiger partial charge in [-0.3, -0.25) is 0 Å². The maximum Gasteiger partial charge on any atom is 0.123 e. The summed E-state index contributed by atoms with van der Waals surface area (Å²) in [5, 5.41) is 1.23. The first-order valence-electron chi connectivity index (χ1n) is 5.38. The van der Waals surface area contributed by atoms with Gasteiger partial charge in [0.2, 0.25) is 0 Å². The molecule has 78 valence electrons. The second kappa shape index (κ2) is 2.83. The molecule has 0 amide bonds. The van der Waals surface area contributed by atoms with Crippen LogP contribution in [0.15, 0.2) is 36.5 Å². The number of nitrogens with zero attached hydrogens (tertiary/aromatic N) is 2. The van der Waals surface area contributed by atoms with E-state index in [2.05, 4.69) is 40.0 Å². The first-order chi connectivity index (χ1) is 7.93. The Labute approximate surface area is 92.6 Å². The Morgan fingerprint density at radius 1 is 1.19 bits per heavy atom. The van der Waals surface area contributed by atoms with Crippen LogP contribution in [0.4, 0.5) is 0 Å². The summed E-state index contributed by atoms with van der Waals surface area (Å²) < 4.78 is 7.56. The molecule has 3 heteroatoms. The van der Waals surface area contributed by atoms with Gasteiger partial charge < -0.3 is 9.30 Å². The number of ether oxygens (including phenoxy) is 1. The van der Waals surface area contributed by atoms with Crippen molar-refractivity contribution in [3.63, 3.8) is 0 Å². The summed E-state index contributed by atoms with van der Waals surface area (Å²) in [4.78, 5) is 4.69. The third-order valence-electron chi connectivity index (χ3n) is 3.19. The minimum absolute atomic E-state index is 0.647. The van der Waals surface area contributed by atoms with Crippen LogP contribution >= 0.6 is 0 Å². The van der Waals surface area contributed by atoms with Gasteiger partial charge in [0, 0.05) is 17.1 Å². The van der Waals surface area contributed by atoms with Crippen molar-refractivity contribution >= 4 is 10.9 Å². The van der Waals surface area contributed by atoms with Crippen LogP contribution in [0.5, 0.6) is 0 Å². The zero-order chi connectivity index (χ0) is 10.5. The molecule has 0 radical (unpaired) electrons. The van der Waals surface area contributed by atoms with Crippen LogP contribution in [0.1, 0.15) is 5.69 Å². The van der Waals surface area contributed by atoms with Crippen molar-refractivity contribution in [2.45, 2.75) is 13.3 Å². The molecule has 0 saturated carbocycles. The quantitative estimate of drug-likeness (QED) is 0.570. The predicted octanol–water partition coefficient (Wildman–Crippen LogP) is 2.63. The number of hydrogen-bond acceptors (Lipinski definition) is 2. The van der Waals surface area contributed by atoms with Gasteiger partial charge in [-0.1, -0.05) is 18.2 Å². The van der Waals surface area contributed by atoms with Crippen LogP contribution in [0.2, 0.25) is 0 Å². The largest absolute Gasteiger partial charge is 0.354 e. The summed E-state index contributed by atoms with van der Waals surface area (Å²) in [6.45, 7) is 1.31. The number of aromatic nitrogens is 2. The van der Waals surface area contributed by atoms with E-state index in [1.54, 1.807) is 0 Å². The Kier molecular flexibility index (Phi) is 1.47. The van der Waals surface area contributed by atoms with E-state index >= 15 is 0 Å². The van der Waals surface area contributed by atoms with Crippen molar-refractivity contribution in [1.29, 1.82) is 0 Å². The highest BCUT2D eigenvalue weighted by atomic mass is 16.5. The molecule has 3 aliphatic heterocycles. The van der Waals surface area contributed by atoms with E-state index in [0.29, 0.717) is 13.3 Å². The molecule has 0 saturated heterocycles. The van der Waals surface area contributed by atoms with Gasteiger partial charge >= 0.3 is 0 Å². The molecule has 16 heavy (non-hydrogen) atoms. The Bertz CT molecular complexity index is 656. The lowest BCUT2D eigenvalue weighted by atomic mass is 10.1. The number of fused-ring (bicyclic) bond motifs is 5. The minimum Gasteiger partial charge on any atom is -0.354 e. The van der Waals surface area contributed by atoms with E-state index in [-0.39, 0.29) is 0 Å². The Morgan fingerprint density at radius 3 is 3.12 bits per heavy atom. The summed E-state index contributed by atoms with van der Waals surface area (Å²) >= 11 is 0. The van der Waals surface area contributed by atoms with E-state index in [4.69, 9.17) is 4.74 Å². The molecule has 0 bridgehead atoms. The molecular formula is C13H10N2O. The van der Waals surface area contributed by atoms with Gasteiger partial charge in [0.05, 0.1) is 23.5 Å². The summed E-state index contributed by atoms with van der Waals surface area (Å²) in [7, 11) is 0. The van der Waals surface area contributed by atoms with Gasteiger partial charge in [-0.05, 0) is 12.1 Å². The standard InChI is InChI=1S/C13H10N2O/c1-2-4-11-9(3-1)10-5-6-15-8-16-7-12(15)13(10)14-11/h1-6H,7-8H2. The van der Waals surface area contributed by atoms with E-state index in [1.165, 1.54) is 16.6 Å². The summed E-state index contributed by atoms with van der Waals surface area (Å²) in [5.74, 6) is 0.